The van der Waals surface area contributed by atoms with Crippen molar-refractivity contribution in [2.75, 3.05) is 0 Å². The van der Waals surface area contributed by atoms with Gasteiger partial charge in [0.1, 0.15) is 0 Å². The van der Waals surface area contributed by atoms with Gasteiger partial charge in [-0.2, -0.15) is 4.68 Å². The molecule has 0 saturated heterocycles. The third-order valence-corrected chi connectivity index (χ3v) is 3.00. The van der Waals surface area contributed by atoms with Crippen LogP contribution in [0, 0.1) is 10.1 Å². The van der Waals surface area contributed by atoms with E-state index >= 15 is 0 Å². The van der Waals surface area contributed by atoms with Crippen LogP contribution in [0.3, 0.4) is 0 Å². The maximum atomic E-state index is 10.9. The van der Waals surface area contributed by atoms with Gasteiger partial charge in [-0.15, -0.1) is 5.10 Å². The minimum absolute atomic E-state index is 0.0698. The molecule has 0 saturated carbocycles. The van der Waals surface area contributed by atoms with E-state index in [4.69, 9.17) is 11.6 Å². The normalized spacial score (nSPS) is 11.6. The Balaban J connectivity index is 2.37. The number of nitrogens with zero attached hydrogens (tertiary/aromatic N) is 5. The van der Waals surface area contributed by atoms with E-state index in [1.807, 2.05) is 20.8 Å². The molecule has 0 radical (unpaired) electrons. The van der Waals surface area contributed by atoms with Crippen molar-refractivity contribution in [3.8, 4) is 5.69 Å². The van der Waals surface area contributed by atoms with Crippen LogP contribution in [0.1, 0.15) is 26.6 Å². The first kappa shape index (κ1) is 15.3. The third-order valence-electron chi connectivity index (χ3n) is 2.68. The quantitative estimate of drug-likeness (QED) is 0.686. The van der Waals surface area contributed by atoms with Crippen LogP contribution in [-0.2, 0) is 6.54 Å². The van der Waals surface area contributed by atoms with Crippen LogP contribution in [-0.4, -0.2) is 30.7 Å². The lowest BCUT2D eigenvalue weighted by atomic mass is 10.1. The number of benzene rings is 1. The lowest BCUT2D eigenvalue weighted by Gasteiger charge is -2.19. The number of halogens is 1. The van der Waals surface area contributed by atoms with Crippen molar-refractivity contribution in [3.63, 3.8) is 0 Å². The molecule has 0 amide bonds. The fourth-order valence-electron chi connectivity index (χ4n) is 1.62. The van der Waals surface area contributed by atoms with E-state index in [9.17, 15) is 10.1 Å². The van der Waals surface area contributed by atoms with Gasteiger partial charge in [0.2, 0.25) is 0 Å². The molecule has 0 spiro atoms. The fourth-order valence-corrected chi connectivity index (χ4v) is 1.82. The molecular formula is C12H15ClN6O2. The van der Waals surface area contributed by atoms with Crippen LogP contribution in [0.4, 0.5) is 5.69 Å². The molecule has 21 heavy (non-hydrogen) atoms. The minimum atomic E-state index is -0.489. The first-order chi connectivity index (χ1) is 9.78. The number of rotatable bonds is 4. The molecule has 1 heterocycles. The Hall–Kier alpha value is -2.06. The lowest BCUT2D eigenvalue weighted by Crippen LogP contribution is -2.36. The maximum absolute atomic E-state index is 10.9. The van der Waals surface area contributed by atoms with Gasteiger partial charge in [-0.05, 0) is 37.3 Å². The van der Waals surface area contributed by atoms with E-state index in [0.717, 1.165) is 0 Å². The van der Waals surface area contributed by atoms with E-state index in [-0.39, 0.29) is 11.2 Å². The zero-order valence-corrected chi connectivity index (χ0v) is 12.6. The van der Waals surface area contributed by atoms with Gasteiger partial charge in [-0.1, -0.05) is 11.6 Å². The van der Waals surface area contributed by atoms with E-state index in [1.165, 1.54) is 22.9 Å². The monoisotopic (exact) mass is 310 g/mol. The minimum Gasteiger partial charge on any atom is -0.305 e. The summed E-state index contributed by atoms with van der Waals surface area (Å²) in [7, 11) is 0. The SMILES string of the molecule is CC(C)(C)NCc1nnnn1-c1cc([N+](=O)[O-])ccc1Cl. The molecule has 1 aromatic heterocycles. The Kier molecular flexibility index (Phi) is 4.19. The van der Waals surface area contributed by atoms with E-state index < -0.39 is 4.92 Å². The molecule has 9 heteroatoms. The highest BCUT2D eigenvalue weighted by molar-refractivity contribution is 6.32. The molecule has 0 aliphatic carbocycles. The van der Waals surface area contributed by atoms with Crippen LogP contribution in [0.15, 0.2) is 18.2 Å². The van der Waals surface area contributed by atoms with Gasteiger partial charge in [-0.3, -0.25) is 10.1 Å². The summed E-state index contributed by atoms with van der Waals surface area (Å²) in [5.74, 6) is 0.521. The summed E-state index contributed by atoms with van der Waals surface area (Å²) in [5.41, 5.74) is 0.199. The maximum Gasteiger partial charge on any atom is 0.271 e. The van der Waals surface area contributed by atoms with Crippen LogP contribution in [0.5, 0.6) is 0 Å². The average Bonchev–Trinajstić information content (AvgIpc) is 2.84. The second kappa shape index (κ2) is 5.74. The zero-order valence-electron chi connectivity index (χ0n) is 11.9. The molecule has 0 aliphatic heterocycles. The van der Waals surface area contributed by atoms with Crippen LogP contribution < -0.4 is 5.32 Å². The van der Waals surface area contributed by atoms with Gasteiger partial charge in [0.15, 0.2) is 5.82 Å². The Bertz CT molecular complexity index is 664. The smallest absolute Gasteiger partial charge is 0.271 e. The molecule has 8 nitrogen and oxygen atoms in total. The predicted octanol–water partition coefficient (Wildman–Crippen LogP) is 2.11. The summed E-state index contributed by atoms with van der Waals surface area (Å²) in [6.07, 6.45) is 0. The van der Waals surface area contributed by atoms with Gasteiger partial charge in [0.25, 0.3) is 5.69 Å². The fraction of sp³-hybridized carbons (Fsp3) is 0.417. The first-order valence-electron chi connectivity index (χ1n) is 6.24. The van der Waals surface area contributed by atoms with Gasteiger partial charge in [0.05, 0.1) is 22.2 Å². The summed E-state index contributed by atoms with van der Waals surface area (Å²) >= 11 is 6.09. The highest BCUT2D eigenvalue weighted by Crippen LogP contribution is 2.25. The number of non-ortho nitro benzene ring substituents is 1. The second-order valence-corrected chi connectivity index (χ2v) is 5.91. The van der Waals surface area contributed by atoms with Crippen LogP contribution in [0.2, 0.25) is 5.02 Å². The van der Waals surface area contributed by atoms with Crippen molar-refractivity contribution in [3.05, 3.63) is 39.2 Å². The molecule has 2 rings (SSSR count). The van der Waals surface area contributed by atoms with Crippen molar-refractivity contribution >= 4 is 17.3 Å². The van der Waals surface area contributed by atoms with Gasteiger partial charge in [0, 0.05) is 17.7 Å². The second-order valence-electron chi connectivity index (χ2n) is 5.50. The molecule has 2 aromatic rings. The lowest BCUT2D eigenvalue weighted by molar-refractivity contribution is -0.384. The van der Waals surface area contributed by atoms with E-state index in [1.54, 1.807) is 0 Å². The Morgan fingerprint density at radius 1 is 1.43 bits per heavy atom. The highest BCUT2D eigenvalue weighted by Gasteiger charge is 2.17. The van der Waals surface area contributed by atoms with Gasteiger partial charge >= 0.3 is 0 Å². The Labute approximate surface area is 126 Å². The molecule has 0 bridgehead atoms. The van der Waals surface area contributed by atoms with Crippen molar-refractivity contribution in [2.24, 2.45) is 0 Å². The number of hydrogen-bond acceptors (Lipinski definition) is 6. The summed E-state index contributed by atoms with van der Waals surface area (Å²) in [4.78, 5) is 10.4. The summed E-state index contributed by atoms with van der Waals surface area (Å²) in [5, 5.41) is 25.8. The number of nitro groups is 1. The third kappa shape index (κ3) is 3.73. The number of aromatic nitrogens is 4. The Morgan fingerprint density at radius 3 is 2.76 bits per heavy atom. The number of hydrogen-bond donors (Lipinski definition) is 1. The highest BCUT2D eigenvalue weighted by atomic mass is 35.5. The summed E-state index contributed by atoms with van der Waals surface area (Å²) < 4.78 is 1.40. The van der Waals surface area contributed by atoms with Crippen molar-refractivity contribution in [1.82, 2.24) is 25.5 Å². The molecular weight excluding hydrogens is 296 g/mol. The Morgan fingerprint density at radius 2 is 2.14 bits per heavy atom. The summed E-state index contributed by atoms with van der Waals surface area (Å²) in [6, 6.07) is 4.14. The predicted molar refractivity (Wildman–Crippen MR) is 77.4 cm³/mol. The topological polar surface area (TPSA) is 98.8 Å². The number of nitro benzene ring substituents is 1. The standard InChI is InChI=1S/C12H15ClN6O2/c1-12(2,3)14-7-11-15-16-17-18(11)10-6-8(19(20)21)4-5-9(10)13/h4-6,14H,7H2,1-3H3. The number of nitrogens with one attached hydrogen (secondary N) is 1. The molecule has 0 fully saturated rings. The van der Waals surface area contributed by atoms with Crippen molar-refractivity contribution < 1.29 is 4.92 Å². The van der Waals surface area contributed by atoms with E-state index in [2.05, 4.69) is 20.8 Å². The molecule has 1 N–H and O–H groups in total. The first-order valence-corrected chi connectivity index (χ1v) is 6.62. The molecule has 112 valence electrons. The molecule has 0 atom stereocenters. The van der Waals surface area contributed by atoms with Gasteiger partial charge in [-0.25, -0.2) is 0 Å². The van der Waals surface area contributed by atoms with Crippen LogP contribution in [0.25, 0.3) is 5.69 Å². The summed E-state index contributed by atoms with van der Waals surface area (Å²) in [6.45, 7) is 6.46. The largest absolute Gasteiger partial charge is 0.305 e. The van der Waals surface area contributed by atoms with Crippen LogP contribution >= 0.6 is 11.6 Å². The zero-order chi connectivity index (χ0) is 15.6. The average molecular weight is 311 g/mol. The van der Waals surface area contributed by atoms with Gasteiger partial charge < -0.3 is 5.32 Å². The number of tetrazole rings is 1. The van der Waals surface area contributed by atoms with E-state index in [0.29, 0.717) is 23.1 Å². The van der Waals surface area contributed by atoms with Crippen molar-refractivity contribution in [1.29, 1.82) is 0 Å². The van der Waals surface area contributed by atoms with Crippen molar-refractivity contribution in [2.45, 2.75) is 32.9 Å². The molecule has 1 aromatic carbocycles. The molecule has 0 aliphatic rings. The molecule has 0 unspecified atom stereocenters.